The first kappa shape index (κ1) is 18.3. The number of anilines is 2. The van der Waals surface area contributed by atoms with Crippen LogP contribution >= 0.6 is 0 Å². The first-order chi connectivity index (χ1) is 13.1. The number of nitriles is 1. The van der Waals surface area contributed by atoms with Crippen LogP contribution in [0.25, 0.3) is 0 Å². The van der Waals surface area contributed by atoms with Crippen molar-refractivity contribution in [1.82, 2.24) is 9.21 Å². The number of benzene rings is 1. The number of likely N-dealkylation sites (tertiary alicyclic amines) is 1. The highest BCUT2D eigenvalue weighted by atomic mass is 32.2. The summed E-state index contributed by atoms with van der Waals surface area (Å²) in [6, 6.07) is 7.64. The maximum Gasteiger partial charge on any atom is 0.304 e. The third-order valence-electron chi connectivity index (χ3n) is 5.52. The van der Waals surface area contributed by atoms with E-state index in [1.165, 1.54) is 4.31 Å². The zero-order valence-corrected chi connectivity index (χ0v) is 16.1. The van der Waals surface area contributed by atoms with E-state index in [1.807, 2.05) is 24.3 Å². The van der Waals surface area contributed by atoms with Crippen LogP contribution in [-0.4, -0.2) is 76.1 Å². The summed E-state index contributed by atoms with van der Waals surface area (Å²) in [4.78, 5) is 3.86. The summed E-state index contributed by atoms with van der Waals surface area (Å²) in [5.41, 5.74) is 1.73. The molecule has 1 aromatic carbocycles. The molecule has 27 heavy (non-hydrogen) atoms. The summed E-state index contributed by atoms with van der Waals surface area (Å²) in [5.74, 6) is 0. The minimum atomic E-state index is -3.59. The van der Waals surface area contributed by atoms with Crippen molar-refractivity contribution in [2.45, 2.75) is 18.9 Å². The van der Waals surface area contributed by atoms with Gasteiger partial charge in [0.1, 0.15) is 0 Å². The first-order valence-electron chi connectivity index (χ1n) is 9.46. The molecule has 9 heteroatoms. The van der Waals surface area contributed by atoms with Gasteiger partial charge in [0, 0.05) is 51.0 Å². The third kappa shape index (κ3) is 3.57. The van der Waals surface area contributed by atoms with Crippen molar-refractivity contribution < 1.29 is 13.2 Å². The molecule has 1 atom stereocenters. The lowest BCUT2D eigenvalue weighted by atomic mass is 10.2. The van der Waals surface area contributed by atoms with E-state index in [2.05, 4.69) is 11.1 Å². The Morgan fingerprint density at radius 2 is 1.85 bits per heavy atom. The molecular formula is C18H25N5O3S. The molecule has 0 aromatic heterocycles. The second-order valence-electron chi connectivity index (χ2n) is 7.15. The number of ether oxygens (including phenoxy) is 1. The lowest BCUT2D eigenvalue weighted by molar-refractivity contribution is 0.122. The van der Waals surface area contributed by atoms with Crippen molar-refractivity contribution in [3.63, 3.8) is 0 Å². The fraction of sp³-hybridized carbons (Fsp3) is 0.611. The van der Waals surface area contributed by atoms with Gasteiger partial charge in [-0.15, -0.1) is 0 Å². The molecule has 3 aliphatic rings. The molecule has 0 amide bonds. The number of hydrogen-bond acceptors (Lipinski definition) is 6. The molecule has 8 nitrogen and oxygen atoms in total. The highest BCUT2D eigenvalue weighted by Crippen LogP contribution is 2.31. The number of nitrogens with zero attached hydrogens (tertiary/aromatic N) is 5. The molecule has 0 N–H and O–H groups in total. The number of rotatable bonds is 3. The van der Waals surface area contributed by atoms with Crippen molar-refractivity contribution >= 4 is 21.6 Å². The molecule has 3 aliphatic heterocycles. The van der Waals surface area contributed by atoms with Crippen LogP contribution in [0, 0.1) is 11.5 Å². The van der Waals surface area contributed by atoms with Crippen molar-refractivity contribution in [3.8, 4) is 6.19 Å². The van der Waals surface area contributed by atoms with E-state index < -0.39 is 10.2 Å². The smallest absolute Gasteiger partial charge is 0.304 e. The van der Waals surface area contributed by atoms with E-state index in [-0.39, 0.29) is 6.04 Å². The molecule has 0 saturated carbocycles. The second kappa shape index (κ2) is 7.54. The second-order valence-corrected chi connectivity index (χ2v) is 8.96. The SMILES string of the molecule is N#CN1CC[C@@H](N2CCCN(c3cccc(N4CCOCC4)c3)S2(=O)=O)C1. The van der Waals surface area contributed by atoms with Gasteiger partial charge in [0.25, 0.3) is 0 Å². The van der Waals surface area contributed by atoms with Gasteiger partial charge in [-0.1, -0.05) is 6.07 Å². The first-order valence-corrected chi connectivity index (χ1v) is 10.9. The Morgan fingerprint density at radius 3 is 2.59 bits per heavy atom. The number of morpholine rings is 1. The van der Waals surface area contributed by atoms with Gasteiger partial charge in [0.2, 0.25) is 0 Å². The van der Waals surface area contributed by atoms with Gasteiger partial charge in [0.15, 0.2) is 6.19 Å². The average molecular weight is 391 g/mol. The van der Waals surface area contributed by atoms with Gasteiger partial charge in [-0.2, -0.15) is 18.0 Å². The molecule has 0 unspecified atom stereocenters. The van der Waals surface area contributed by atoms with Crippen LogP contribution < -0.4 is 9.21 Å². The van der Waals surface area contributed by atoms with Crippen LogP contribution in [-0.2, 0) is 14.9 Å². The minimum Gasteiger partial charge on any atom is -0.378 e. The largest absolute Gasteiger partial charge is 0.378 e. The molecular weight excluding hydrogens is 366 g/mol. The van der Waals surface area contributed by atoms with Crippen molar-refractivity contribution in [2.75, 3.05) is 61.7 Å². The fourth-order valence-electron chi connectivity index (χ4n) is 4.09. The average Bonchev–Trinajstić information content (AvgIpc) is 3.17. The van der Waals surface area contributed by atoms with Gasteiger partial charge in [-0.3, -0.25) is 4.31 Å². The van der Waals surface area contributed by atoms with Gasteiger partial charge < -0.3 is 14.5 Å². The van der Waals surface area contributed by atoms with Crippen molar-refractivity contribution in [3.05, 3.63) is 24.3 Å². The Labute approximate surface area is 160 Å². The van der Waals surface area contributed by atoms with Crippen molar-refractivity contribution in [1.29, 1.82) is 5.26 Å². The van der Waals surface area contributed by atoms with Crippen LogP contribution in [0.2, 0.25) is 0 Å². The minimum absolute atomic E-state index is 0.125. The Bertz CT molecular complexity index is 819. The van der Waals surface area contributed by atoms with Gasteiger partial charge >= 0.3 is 10.2 Å². The normalized spacial score (nSPS) is 26.2. The zero-order valence-electron chi connectivity index (χ0n) is 15.3. The van der Waals surface area contributed by atoms with E-state index in [9.17, 15) is 8.42 Å². The third-order valence-corrected chi connectivity index (χ3v) is 7.54. The summed E-state index contributed by atoms with van der Waals surface area (Å²) in [5, 5.41) is 9.08. The molecule has 0 aliphatic carbocycles. The molecule has 0 radical (unpaired) electrons. The van der Waals surface area contributed by atoms with E-state index in [0.29, 0.717) is 51.5 Å². The summed E-state index contributed by atoms with van der Waals surface area (Å²) in [6.07, 6.45) is 3.61. The molecule has 3 saturated heterocycles. The predicted molar refractivity (Wildman–Crippen MR) is 103 cm³/mol. The van der Waals surface area contributed by atoms with Crippen LogP contribution in [0.3, 0.4) is 0 Å². The topological polar surface area (TPSA) is 80.1 Å². The Kier molecular flexibility index (Phi) is 5.12. The Balaban J connectivity index is 1.57. The highest BCUT2D eigenvalue weighted by Gasteiger charge is 2.40. The van der Waals surface area contributed by atoms with Crippen LogP contribution in [0.15, 0.2) is 24.3 Å². The van der Waals surface area contributed by atoms with Gasteiger partial charge in [0.05, 0.1) is 18.9 Å². The fourth-order valence-corrected chi connectivity index (χ4v) is 6.00. The van der Waals surface area contributed by atoms with E-state index in [0.717, 1.165) is 25.2 Å². The molecule has 3 heterocycles. The lowest BCUT2D eigenvalue weighted by Crippen LogP contribution is -2.54. The predicted octanol–water partition coefficient (Wildman–Crippen LogP) is 0.835. The van der Waals surface area contributed by atoms with E-state index in [4.69, 9.17) is 10.00 Å². The van der Waals surface area contributed by atoms with Crippen LogP contribution in [0.1, 0.15) is 12.8 Å². The monoisotopic (exact) mass is 391 g/mol. The van der Waals surface area contributed by atoms with Gasteiger partial charge in [-0.25, -0.2) is 0 Å². The quantitative estimate of drug-likeness (QED) is 0.711. The molecule has 146 valence electrons. The lowest BCUT2D eigenvalue weighted by Gasteiger charge is -2.39. The Hall–Kier alpha value is -2.02. The summed E-state index contributed by atoms with van der Waals surface area (Å²) >= 11 is 0. The Morgan fingerprint density at radius 1 is 1.07 bits per heavy atom. The maximum absolute atomic E-state index is 13.3. The molecule has 4 rings (SSSR count). The molecule has 1 aromatic rings. The molecule has 0 spiro atoms. The number of hydrogen-bond donors (Lipinski definition) is 0. The molecule has 3 fully saturated rings. The zero-order chi connectivity index (χ0) is 18.9. The summed E-state index contributed by atoms with van der Waals surface area (Å²) in [6.45, 7) is 5.13. The molecule has 0 bridgehead atoms. The summed E-state index contributed by atoms with van der Waals surface area (Å²) in [7, 11) is -3.59. The maximum atomic E-state index is 13.3. The van der Waals surface area contributed by atoms with Gasteiger partial charge in [-0.05, 0) is 31.0 Å². The summed E-state index contributed by atoms with van der Waals surface area (Å²) < 4.78 is 35.1. The van der Waals surface area contributed by atoms with Crippen LogP contribution in [0.4, 0.5) is 11.4 Å². The highest BCUT2D eigenvalue weighted by molar-refractivity contribution is 7.90. The van der Waals surface area contributed by atoms with Crippen LogP contribution in [0.5, 0.6) is 0 Å². The van der Waals surface area contributed by atoms with Crippen molar-refractivity contribution in [2.24, 2.45) is 0 Å². The van der Waals surface area contributed by atoms with E-state index in [1.54, 1.807) is 9.21 Å². The van der Waals surface area contributed by atoms with E-state index >= 15 is 0 Å². The standard InChI is InChI=1S/C18H25N5O3S/c19-15-20-8-5-18(14-20)23-7-2-6-22(27(23,24)25)17-4-1-3-16(13-17)21-9-11-26-12-10-21/h1,3-4,13,18H,2,5-12,14H2/t18-/m1/s1.